The molecule has 5 aliphatic heterocycles. The van der Waals surface area contributed by atoms with Crippen molar-refractivity contribution in [2.24, 2.45) is 11.8 Å². The molecule has 4 saturated heterocycles. The van der Waals surface area contributed by atoms with E-state index in [0.29, 0.717) is 5.57 Å². The first-order chi connectivity index (χ1) is 19.0. The molecule has 40 heavy (non-hydrogen) atoms. The van der Waals surface area contributed by atoms with Gasteiger partial charge in [-0.05, 0) is 18.6 Å². The SMILES string of the molecule is CCN1C(=O)C2C3OC(CO[C@@H]4OC(CO)[C@H](O)[C@H](O)C4O)(C=C3CO[C@@H]3OC(CO)[C@H](O)[C@H](O)C3O)C2C1=O. The molecule has 8 unspecified atom stereocenters. The van der Waals surface area contributed by atoms with E-state index in [-0.39, 0.29) is 13.2 Å². The number of aliphatic hydroxyl groups is 8. The molecule has 0 aliphatic carbocycles. The number of fused-ring (bicyclic) bond motifs is 5. The standard InChI is InChI=1S/C24H35NO15/c1-2-25-20(34)11-12(21(25)35)24(7-37-23-18(33)16(31)14(29)10(5-27)39-23)3-8(19(11)40-24)6-36-22-17(32)15(30)13(28)9(4-26)38-22/h3,9-19,22-23,26-33H,2,4-7H2,1H3/t9?,10?,11?,12?,13-,14-,15-,16-,17?,18?,19?,22+,23+,24?/m0/s1. The number of carbonyl (C=O) groups excluding carboxylic acids is 2. The second-order valence-electron chi connectivity index (χ2n) is 10.7. The van der Waals surface area contributed by atoms with Gasteiger partial charge in [0, 0.05) is 6.54 Å². The number of hydrogen-bond acceptors (Lipinski definition) is 15. The van der Waals surface area contributed by atoms with Crippen LogP contribution in [0.2, 0.25) is 0 Å². The lowest BCUT2D eigenvalue weighted by Crippen LogP contribution is -2.60. The predicted molar refractivity (Wildman–Crippen MR) is 124 cm³/mol. The summed E-state index contributed by atoms with van der Waals surface area (Å²) < 4.78 is 28.3. The third-order valence-corrected chi connectivity index (χ3v) is 8.34. The number of carbonyl (C=O) groups is 2. The van der Waals surface area contributed by atoms with Gasteiger partial charge in [0.2, 0.25) is 11.8 Å². The van der Waals surface area contributed by atoms with Crippen LogP contribution in [0.4, 0.5) is 0 Å². The molecule has 0 saturated carbocycles. The van der Waals surface area contributed by atoms with Crippen molar-refractivity contribution in [2.45, 2.75) is 80.0 Å². The molecule has 4 fully saturated rings. The van der Waals surface area contributed by atoms with Crippen molar-refractivity contribution < 1.29 is 74.1 Å². The van der Waals surface area contributed by atoms with E-state index in [9.17, 15) is 50.4 Å². The maximum Gasteiger partial charge on any atom is 0.236 e. The molecule has 0 aromatic heterocycles. The highest BCUT2D eigenvalue weighted by Gasteiger charge is 2.69. The van der Waals surface area contributed by atoms with Crippen LogP contribution in [-0.4, -0.2) is 164 Å². The smallest absolute Gasteiger partial charge is 0.236 e. The molecule has 0 aromatic carbocycles. The average Bonchev–Trinajstić information content (AvgIpc) is 3.56. The van der Waals surface area contributed by atoms with Crippen molar-refractivity contribution in [1.29, 1.82) is 0 Å². The van der Waals surface area contributed by atoms with Gasteiger partial charge in [0.1, 0.15) is 54.4 Å². The molecule has 8 N–H and O–H groups in total. The van der Waals surface area contributed by atoms with E-state index in [1.54, 1.807) is 6.92 Å². The van der Waals surface area contributed by atoms with E-state index in [1.165, 1.54) is 6.08 Å². The van der Waals surface area contributed by atoms with Crippen LogP contribution < -0.4 is 0 Å². The molecular formula is C24H35NO15. The molecule has 5 heterocycles. The van der Waals surface area contributed by atoms with E-state index in [1.807, 2.05) is 0 Å². The third kappa shape index (κ3) is 4.60. The summed E-state index contributed by atoms with van der Waals surface area (Å²) in [7, 11) is 0. The number of imide groups is 1. The third-order valence-electron chi connectivity index (χ3n) is 8.34. The molecule has 2 bridgehead atoms. The first-order valence-electron chi connectivity index (χ1n) is 13.1. The van der Waals surface area contributed by atoms with Gasteiger partial charge >= 0.3 is 0 Å². The second kappa shape index (κ2) is 11.2. The Labute approximate surface area is 227 Å². The van der Waals surface area contributed by atoms with Gasteiger partial charge in [0.15, 0.2) is 12.6 Å². The van der Waals surface area contributed by atoms with Crippen molar-refractivity contribution in [1.82, 2.24) is 4.90 Å². The Hall–Kier alpha value is -1.64. The number of amides is 2. The number of hydrogen-bond donors (Lipinski definition) is 8. The van der Waals surface area contributed by atoms with Gasteiger partial charge in [-0.1, -0.05) is 0 Å². The van der Waals surface area contributed by atoms with Crippen LogP contribution in [-0.2, 0) is 33.3 Å². The van der Waals surface area contributed by atoms with Crippen LogP contribution in [0, 0.1) is 11.8 Å². The predicted octanol–water partition coefficient (Wildman–Crippen LogP) is -5.68. The summed E-state index contributed by atoms with van der Waals surface area (Å²) >= 11 is 0. The highest BCUT2D eigenvalue weighted by atomic mass is 16.7. The lowest BCUT2D eigenvalue weighted by atomic mass is 9.74. The Kier molecular flexibility index (Phi) is 8.37. The van der Waals surface area contributed by atoms with Crippen molar-refractivity contribution in [3.8, 4) is 0 Å². The highest BCUT2D eigenvalue weighted by molar-refractivity contribution is 6.07. The van der Waals surface area contributed by atoms with Crippen molar-refractivity contribution in [3.63, 3.8) is 0 Å². The summed E-state index contributed by atoms with van der Waals surface area (Å²) in [5.41, 5.74) is -1.12. The summed E-state index contributed by atoms with van der Waals surface area (Å²) in [4.78, 5) is 27.5. The molecule has 0 radical (unpaired) electrons. The zero-order chi connectivity index (χ0) is 29.1. The normalized spacial score (nSPS) is 48.6. The maximum absolute atomic E-state index is 13.2. The summed E-state index contributed by atoms with van der Waals surface area (Å²) in [6, 6.07) is 0. The van der Waals surface area contributed by atoms with E-state index >= 15 is 0 Å². The first kappa shape index (κ1) is 29.8. The van der Waals surface area contributed by atoms with Crippen LogP contribution in [0.3, 0.4) is 0 Å². The number of rotatable bonds is 9. The molecule has 2 amide bonds. The molecule has 14 atom stereocenters. The summed E-state index contributed by atoms with van der Waals surface area (Å²) in [5.74, 6) is -2.85. The summed E-state index contributed by atoms with van der Waals surface area (Å²) in [6.07, 6.45) is -14.6. The van der Waals surface area contributed by atoms with Crippen molar-refractivity contribution in [2.75, 3.05) is 33.0 Å². The average molecular weight is 578 g/mol. The summed E-state index contributed by atoms with van der Waals surface area (Å²) in [5, 5.41) is 79.7. The second-order valence-corrected chi connectivity index (χ2v) is 10.7. The molecule has 0 aromatic rings. The fourth-order valence-electron chi connectivity index (χ4n) is 6.18. The van der Waals surface area contributed by atoms with Gasteiger partial charge in [-0.15, -0.1) is 0 Å². The quantitative estimate of drug-likeness (QED) is 0.0940. The number of ether oxygens (including phenoxy) is 5. The minimum Gasteiger partial charge on any atom is -0.394 e. The van der Waals surface area contributed by atoms with Gasteiger partial charge in [0.05, 0.1) is 44.4 Å². The molecule has 226 valence electrons. The number of nitrogens with zero attached hydrogens (tertiary/aromatic N) is 1. The molecule has 5 rings (SSSR count). The highest BCUT2D eigenvalue weighted by Crippen LogP contribution is 2.54. The maximum atomic E-state index is 13.2. The van der Waals surface area contributed by atoms with Crippen LogP contribution >= 0.6 is 0 Å². The minimum atomic E-state index is -1.70. The Bertz CT molecular complexity index is 1010. The van der Waals surface area contributed by atoms with Gasteiger partial charge in [-0.25, -0.2) is 0 Å². The van der Waals surface area contributed by atoms with E-state index in [4.69, 9.17) is 23.7 Å². The fraction of sp³-hybridized carbons (Fsp3) is 0.833. The topological polar surface area (TPSA) is 245 Å². The molecular weight excluding hydrogens is 542 g/mol. The Morgan fingerprint density at radius 3 is 1.90 bits per heavy atom. The molecule has 5 aliphatic rings. The zero-order valence-electron chi connectivity index (χ0n) is 21.5. The lowest BCUT2D eigenvalue weighted by Gasteiger charge is -2.41. The lowest BCUT2D eigenvalue weighted by molar-refractivity contribution is -0.307. The number of aliphatic hydroxyl groups excluding tert-OH is 8. The Morgan fingerprint density at radius 1 is 0.825 bits per heavy atom. The van der Waals surface area contributed by atoms with E-state index < -0.39 is 117 Å². The monoisotopic (exact) mass is 577 g/mol. The largest absolute Gasteiger partial charge is 0.394 e. The van der Waals surface area contributed by atoms with Crippen LogP contribution in [0.15, 0.2) is 11.6 Å². The van der Waals surface area contributed by atoms with Crippen molar-refractivity contribution >= 4 is 11.8 Å². The molecule has 16 nitrogen and oxygen atoms in total. The van der Waals surface area contributed by atoms with Crippen LogP contribution in [0.1, 0.15) is 6.92 Å². The number of likely N-dealkylation sites (tertiary alicyclic amines) is 1. The Balaban J connectivity index is 1.36. The van der Waals surface area contributed by atoms with Gasteiger partial charge in [-0.2, -0.15) is 0 Å². The van der Waals surface area contributed by atoms with E-state index in [0.717, 1.165) is 4.90 Å². The molecule has 16 heteroatoms. The zero-order valence-corrected chi connectivity index (χ0v) is 21.5. The minimum absolute atomic E-state index is 0.123. The van der Waals surface area contributed by atoms with Gasteiger partial charge in [-0.3, -0.25) is 14.5 Å². The van der Waals surface area contributed by atoms with Gasteiger partial charge < -0.3 is 64.5 Å². The van der Waals surface area contributed by atoms with Gasteiger partial charge in [0.25, 0.3) is 0 Å². The molecule has 0 spiro atoms. The Morgan fingerprint density at radius 2 is 1.38 bits per heavy atom. The first-order valence-corrected chi connectivity index (χ1v) is 13.1. The van der Waals surface area contributed by atoms with Crippen molar-refractivity contribution in [3.05, 3.63) is 11.6 Å². The summed E-state index contributed by atoms with van der Waals surface area (Å²) in [6.45, 7) is -0.258. The fourth-order valence-corrected chi connectivity index (χ4v) is 6.18. The van der Waals surface area contributed by atoms with Crippen LogP contribution in [0.5, 0.6) is 0 Å². The van der Waals surface area contributed by atoms with Crippen LogP contribution in [0.25, 0.3) is 0 Å². The van der Waals surface area contributed by atoms with E-state index in [2.05, 4.69) is 0 Å².